The van der Waals surface area contributed by atoms with Gasteiger partial charge in [0.25, 0.3) is 0 Å². The minimum Gasteiger partial charge on any atom is -0.478 e. The summed E-state index contributed by atoms with van der Waals surface area (Å²) in [5, 5.41) is 26.4. The van der Waals surface area contributed by atoms with Gasteiger partial charge in [-0.2, -0.15) is 5.26 Å². The van der Waals surface area contributed by atoms with E-state index < -0.39 is 23.1 Å². The molecule has 0 aliphatic heterocycles. The number of rotatable bonds is 2. The van der Waals surface area contributed by atoms with Gasteiger partial charge in [-0.15, -0.1) is 0 Å². The third kappa shape index (κ3) is 1.66. The van der Waals surface area contributed by atoms with E-state index in [1.54, 1.807) is 6.07 Å². The molecule has 4 N–H and O–H groups in total. The number of hydrogen-bond acceptors (Lipinski definition) is 4. The first-order chi connectivity index (χ1) is 7.40. The van der Waals surface area contributed by atoms with Gasteiger partial charge in [0, 0.05) is 0 Å². The third-order valence-corrected chi connectivity index (χ3v) is 2.12. The molecule has 1 aromatic rings. The number of nitrogens with zero attached hydrogens (tertiary/aromatic N) is 1. The van der Waals surface area contributed by atoms with E-state index in [0.717, 1.165) is 6.07 Å². The molecule has 0 aromatic heterocycles. The topological polar surface area (TPSA) is 124 Å². The minimum absolute atomic E-state index is 0.0117. The molecule has 0 saturated carbocycles. The fourth-order valence-electron chi connectivity index (χ4n) is 1.39. The number of carboxylic acids is 2. The Morgan fingerprint density at radius 3 is 2.31 bits per heavy atom. The van der Waals surface area contributed by atoms with Crippen molar-refractivity contribution >= 4 is 17.6 Å². The monoisotopic (exact) mass is 220 g/mol. The second kappa shape index (κ2) is 3.90. The van der Waals surface area contributed by atoms with Crippen molar-refractivity contribution in [1.82, 2.24) is 0 Å². The van der Waals surface area contributed by atoms with Crippen LogP contribution < -0.4 is 5.73 Å². The molecule has 0 aliphatic carbocycles. The Morgan fingerprint density at radius 2 is 1.94 bits per heavy atom. The fourth-order valence-corrected chi connectivity index (χ4v) is 1.39. The van der Waals surface area contributed by atoms with Crippen LogP contribution in [0.15, 0.2) is 6.07 Å². The standard InChI is InChI=1S/C10H8N2O4/c1-4-2-5(9(13)14)7(10(15)16)8(12)6(4)3-11/h2H,12H2,1H3,(H,13,14)(H,15,16). The molecule has 1 rings (SSSR count). The van der Waals surface area contributed by atoms with Crippen molar-refractivity contribution in [3.8, 4) is 6.07 Å². The summed E-state index contributed by atoms with van der Waals surface area (Å²) in [7, 11) is 0. The van der Waals surface area contributed by atoms with Gasteiger partial charge in [0.2, 0.25) is 0 Å². The number of aryl methyl sites for hydroxylation is 1. The smallest absolute Gasteiger partial charge is 0.338 e. The third-order valence-electron chi connectivity index (χ3n) is 2.12. The van der Waals surface area contributed by atoms with Crippen molar-refractivity contribution in [1.29, 1.82) is 5.26 Å². The van der Waals surface area contributed by atoms with Crippen LogP contribution in [0, 0.1) is 18.3 Å². The Morgan fingerprint density at radius 1 is 1.38 bits per heavy atom. The van der Waals surface area contributed by atoms with E-state index in [1.165, 1.54) is 6.92 Å². The molecule has 0 fully saturated rings. The number of anilines is 1. The lowest BCUT2D eigenvalue weighted by atomic mass is 9.97. The first-order valence-corrected chi connectivity index (χ1v) is 4.20. The molecule has 1 aromatic carbocycles. The largest absolute Gasteiger partial charge is 0.478 e. The summed E-state index contributed by atoms with van der Waals surface area (Å²) in [6.45, 7) is 1.49. The quantitative estimate of drug-likeness (QED) is 0.634. The van der Waals surface area contributed by atoms with Gasteiger partial charge < -0.3 is 15.9 Å². The maximum absolute atomic E-state index is 10.9. The molecule has 0 bridgehead atoms. The second-order valence-electron chi connectivity index (χ2n) is 3.13. The van der Waals surface area contributed by atoms with Crippen molar-refractivity contribution in [2.45, 2.75) is 6.92 Å². The number of hydrogen-bond donors (Lipinski definition) is 3. The average molecular weight is 220 g/mol. The molecular weight excluding hydrogens is 212 g/mol. The van der Waals surface area contributed by atoms with Crippen molar-refractivity contribution in [3.63, 3.8) is 0 Å². The number of aromatic carboxylic acids is 2. The number of nitriles is 1. The maximum atomic E-state index is 10.9. The van der Waals surface area contributed by atoms with Gasteiger partial charge in [-0.1, -0.05) is 0 Å². The first kappa shape index (κ1) is 11.5. The lowest BCUT2D eigenvalue weighted by Gasteiger charge is -2.09. The zero-order valence-electron chi connectivity index (χ0n) is 8.31. The average Bonchev–Trinajstić information content (AvgIpc) is 2.16. The Kier molecular flexibility index (Phi) is 2.81. The van der Waals surface area contributed by atoms with Crippen LogP contribution in [0.25, 0.3) is 0 Å². The summed E-state index contributed by atoms with van der Waals surface area (Å²) in [5.41, 5.74) is 4.52. The van der Waals surface area contributed by atoms with Crippen LogP contribution in [0.1, 0.15) is 31.8 Å². The van der Waals surface area contributed by atoms with E-state index >= 15 is 0 Å². The van der Waals surface area contributed by atoms with Crippen LogP contribution in [0.4, 0.5) is 5.69 Å². The van der Waals surface area contributed by atoms with Crippen molar-refractivity contribution in [2.24, 2.45) is 0 Å². The van der Waals surface area contributed by atoms with Gasteiger partial charge >= 0.3 is 11.9 Å². The number of carbonyl (C=O) groups is 2. The Hall–Kier alpha value is -2.55. The van der Waals surface area contributed by atoms with E-state index in [9.17, 15) is 9.59 Å². The molecule has 82 valence electrons. The Bertz CT molecular complexity index is 529. The van der Waals surface area contributed by atoms with E-state index in [1.807, 2.05) is 0 Å². The van der Waals surface area contributed by atoms with Gasteiger partial charge in [-0.05, 0) is 18.6 Å². The summed E-state index contributed by atoms with van der Waals surface area (Å²) in [6, 6.07) is 2.87. The maximum Gasteiger partial charge on any atom is 0.338 e. The molecule has 0 amide bonds. The van der Waals surface area contributed by atoms with Crippen molar-refractivity contribution < 1.29 is 19.8 Å². The number of nitrogen functional groups attached to an aromatic ring is 1. The molecule has 0 heterocycles. The van der Waals surface area contributed by atoms with Crippen LogP contribution >= 0.6 is 0 Å². The summed E-state index contributed by atoms with van der Waals surface area (Å²) in [6.07, 6.45) is 0. The second-order valence-corrected chi connectivity index (χ2v) is 3.13. The van der Waals surface area contributed by atoms with E-state index in [2.05, 4.69) is 0 Å². The molecule has 16 heavy (non-hydrogen) atoms. The van der Waals surface area contributed by atoms with Crippen molar-refractivity contribution in [3.05, 3.63) is 28.3 Å². The molecule has 6 nitrogen and oxygen atoms in total. The number of benzene rings is 1. The zero-order valence-corrected chi connectivity index (χ0v) is 8.31. The van der Waals surface area contributed by atoms with Gasteiger partial charge in [0.15, 0.2) is 0 Å². The number of carboxylic acid groups (broad SMARTS) is 2. The SMILES string of the molecule is Cc1cc(C(=O)O)c(C(=O)O)c(N)c1C#N. The van der Waals surface area contributed by atoms with E-state index in [4.69, 9.17) is 21.2 Å². The predicted octanol–water partition coefficient (Wildman–Crippen LogP) is 0.845. The predicted molar refractivity (Wildman–Crippen MR) is 54.2 cm³/mol. The van der Waals surface area contributed by atoms with Crippen LogP contribution in [-0.4, -0.2) is 22.2 Å². The molecule has 6 heteroatoms. The lowest BCUT2D eigenvalue weighted by Crippen LogP contribution is -2.13. The molecule has 0 atom stereocenters. The summed E-state index contributed by atoms with van der Waals surface area (Å²) < 4.78 is 0. The lowest BCUT2D eigenvalue weighted by molar-refractivity contribution is 0.0652. The molecule has 0 unspecified atom stereocenters. The van der Waals surface area contributed by atoms with Crippen LogP contribution in [0.5, 0.6) is 0 Å². The van der Waals surface area contributed by atoms with Crippen LogP contribution in [-0.2, 0) is 0 Å². The van der Waals surface area contributed by atoms with Gasteiger partial charge in [0.1, 0.15) is 6.07 Å². The fraction of sp³-hybridized carbons (Fsp3) is 0.100. The van der Waals surface area contributed by atoms with E-state index in [0.29, 0.717) is 5.56 Å². The van der Waals surface area contributed by atoms with Gasteiger partial charge in [-0.25, -0.2) is 9.59 Å². The normalized spacial score (nSPS) is 9.50. The number of nitrogens with two attached hydrogens (primary N) is 1. The van der Waals surface area contributed by atoms with Crippen LogP contribution in [0.3, 0.4) is 0 Å². The minimum atomic E-state index is -1.47. The summed E-state index contributed by atoms with van der Waals surface area (Å²) >= 11 is 0. The first-order valence-electron chi connectivity index (χ1n) is 4.20. The molecule has 0 radical (unpaired) electrons. The Balaban J connectivity index is 3.74. The highest BCUT2D eigenvalue weighted by molar-refractivity contribution is 6.06. The molecular formula is C10H8N2O4. The highest BCUT2D eigenvalue weighted by atomic mass is 16.4. The Labute approximate surface area is 90.5 Å². The summed E-state index contributed by atoms with van der Waals surface area (Å²) in [4.78, 5) is 21.7. The summed E-state index contributed by atoms with van der Waals surface area (Å²) in [5.74, 6) is -2.86. The molecule has 0 saturated heterocycles. The molecule has 0 spiro atoms. The van der Waals surface area contributed by atoms with Gasteiger partial charge in [0.05, 0.1) is 22.4 Å². The van der Waals surface area contributed by atoms with Crippen molar-refractivity contribution in [2.75, 3.05) is 5.73 Å². The highest BCUT2D eigenvalue weighted by Crippen LogP contribution is 2.25. The molecule has 0 aliphatic rings. The van der Waals surface area contributed by atoms with Crippen LogP contribution in [0.2, 0.25) is 0 Å². The zero-order chi connectivity index (χ0) is 12.5. The van der Waals surface area contributed by atoms with E-state index in [-0.39, 0.29) is 11.3 Å². The van der Waals surface area contributed by atoms with Gasteiger partial charge in [-0.3, -0.25) is 0 Å². The highest BCUT2D eigenvalue weighted by Gasteiger charge is 2.23.